The molecule has 0 nitrogen and oxygen atoms in total. The van der Waals surface area contributed by atoms with Crippen LogP contribution in [0.1, 0.15) is 0 Å². The van der Waals surface area contributed by atoms with Crippen LogP contribution < -0.4 is 0 Å². The van der Waals surface area contributed by atoms with Crippen molar-refractivity contribution in [1.29, 1.82) is 0 Å². The lowest BCUT2D eigenvalue weighted by molar-refractivity contribution is 1.71. The molecule has 0 amide bonds. The van der Waals surface area contributed by atoms with Gasteiger partial charge in [0, 0.05) is 40.3 Å². The summed E-state index contributed by atoms with van der Waals surface area (Å²) in [6.07, 6.45) is 0. The second kappa shape index (κ2) is 8.39. The molecule has 0 atom stereocenters. The van der Waals surface area contributed by atoms with Gasteiger partial charge in [-0.3, -0.25) is 0 Å². The molecule has 2 aromatic heterocycles. The summed E-state index contributed by atoms with van der Waals surface area (Å²) in [5.41, 5.74) is 5.28. The van der Waals surface area contributed by atoms with Crippen molar-refractivity contribution in [3.8, 4) is 22.3 Å². The van der Waals surface area contributed by atoms with Gasteiger partial charge in [0.05, 0.1) is 0 Å². The molecule has 0 saturated carbocycles. The van der Waals surface area contributed by atoms with Gasteiger partial charge in [-0.15, -0.1) is 22.7 Å². The molecule has 194 valence electrons. The summed E-state index contributed by atoms with van der Waals surface area (Å²) < 4.78 is 5.41. The van der Waals surface area contributed by atoms with E-state index >= 15 is 0 Å². The molecule has 2 heteroatoms. The number of thiophene rings is 2. The molecule has 0 N–H and O–H groups in total. The van der Waals surface area contributed by atoms with Crippen molar-refractivity contribution in [1.82, 2.24) is 0 Å². The van der Waals surface area contributed by atoms with Crippen molar-refractivity contribution in [2.45, 2.75) is 0 Å². The molecule has 2 heterocycles. The summed E-state index contributed by atoms with van der Waals surface area (Å²) in [7, 11) is 0. The maximum absolute atomic E-state index is 2.44. The van der Waals surface area contributed by atoms with Gasteiger partial charge in [0.2, 0.25) is 0 Å². The van der Waals surface area contributed by atoms with E-state index in [2.05, 4.69) is 133 Å². The van der Waals surface area contributed by atoms with Crippen molar-refractivity contribution < 1.29 is 0 Å². The molecule has 8 aromatic carbocycles. The Morgan fingerprint density at radius 1 is 0.310 bits per heavy atom. The van der Waals surface area contributed by atoms with E-state index in [1.54, 1.807) is 0 Å². The number of hydrogen-bond acceptors (Lipinski definition) is 2. The zero-order valence-corrected chi connectivity index (χ0v) is 24.2. The third-order valence-electron chi connectivity index (χ3n) is 9.02. The molecule has 10 rings (SSSR count). The van der Waals surface area contributed by atoms with Gasteiger partial charge in [0.1, 0.15) is 0 Å². The fourth-order valence-electron chi connectivity index (χ4n) is 7.37. The smallest absolute Gasteiger partial charge is 0.0361 e. The van der Waals surface area contributed by atoms with Crippen LogP contribution in [0.15, 0.2) is 133 Å². The third-order valence-corrected chi connectivity index (χ3v) is 11.3. The first-order chi connectivity index (χ1) is 20.8. The van der Waals surface area contributed by atoms with Crippen molar-refractivity contribution in [2.75, 3.05) is 0 Å². The quantitative estimate of drug-likeness (QED) is 0.144. The zero-order chi connectivity index (χ0) is 27.4. The molecule has 10 aromatic rings. The predicted octanol–water partition coefficient (Wildman–Crippen LogP) is 12.7. The highest BCUT2D eigenvalue weighted by atomic mass is 32.1. The molecule has 42 heavy (non-hydrogen) atoms. The zero-order valence-electron chi connectivity index (χ0n) is 22.5. The first-order valence-corrected chi connectivity index (χ1v) is 16.0. The summed E-state index contributed by atoms with van der Waals surface area (Å²) in [6.45, 7) is 0. The van der Waals surface area contributed by atoms with E-state index in [1.807, 2.05) is 22.7 Å². The molecular weight excluding hydrogens is 545 g/mol. The maximum Gasteiger partial charge on any atom is 0.0361 e. The molecule has 0 spiro atoms. The topological polar surface area (TPSA) is 0 Å². The molecule has 0 aliphatic heterocycles. The van der Waals surface area contributed by atoms with Gasteiger partial charge in [0.25, 0.3) is 0 Å². The second-order valence-electron chi connectivity index (χ2n) is 11.2. The Kier molecular flexibility index (Phi) is 4.57. The van der Waals surface area contributed by atoms with E-state index < -0.39 is 0 Å². The predicted molar refractivity (Wildman–Crippen MR) is 187 cm³/mol. The third kappa shape index (κ3) is 2.96. The van der Waals surface area contributed by atoms with E-state index in [4.69, 9.17) is 0 Å². The molecule has 0 saturated heterocycles. The van der Waals surface area contributed by atoms with Gasteiger partial charge < -0.3 is 0 Å². The average Bonchev–Trinajstić information content (AvgIpc) is 3.62. The Bertz CT molecular complexity index is 2630. The largest absolute Gasteiger partial charge is 0.135 e. The minimum Gasteiger partial charge on any atom is -0.135 e. The van der Waals surface area contributed by atoms with Crippen molar-refractivity contribution in [3.63, 3.8) is 0 Å². The van der Waals surface area contributed by atoms with Crippen LogP contribution in [0.4, 0.5) is 0 Å². The van der Waals surface area contributed by atoms with Crippen LogP contribution in [0.25, 0.3) is 94.9 Å². The molecule has 0 unspecified atom stereocenters. The number of benzene rings is 8. The summed E-state index contributed by atoms with van der Waals surface area (Å²) in [4.78, 5) is 0. The summed E-state index contributed by atoms with van der Waals surface area (Å²) in [6, 6.07) is 49.8. The summed E-state index contributed by atoms with van der Waals surface area (Å²) >= 11 is 3.79. The number of fused-ring (bicyclic) bond motifs is 5. The highest BCUT2D eigenvalue weighted by molar-refractivity contribution is 7.26. The highest BCUT2D eigenvalue weighted by Crippen LogP contribution is 2.51. The molecule has 0 bridgehead atoms. The van der Waals surface area contributed by atoms with Crippen LogP contribution in [0.2, 0.25) is 0 Å². The van der Waals surface area contributed by atoms with Crippen LogP contribution in [-0.4, -0.2) is 0 Å². The van der Waals surface area contributed by atoms with Crippen LogP contribution in [-0.2, 0) is 0 Å². The van der Waals surface area contributed by atoms with Gasteiger partial charge in [0.15, 0.2) is 0 Å². The Balaban J connectivity index is 1.41. The maximum atomic E-state index is 2.44. The van der Waals surface area contributed by atoms with Gasteiger partial charge in [-0.25, -0.2) is 0 Å². The Morgan fingerprint density at radius 3 is 1.50 bits per heavy atom. The highest BCUT2D eigenvalue weighted by Gasteiger charge is 2.22. The van der Waals surface area contributed by atoms with E-state index in [9.17, 15) is 0 Å². The lowest BCUT2D eigenvalue weighted by atomic mass is 9.83. The SMILES string of the molecule is c1ccc2c(c1)sc1cccc(-c3c4ccccc4c(-c4cc5cccc6sc7cccc4c7c56)c4ccccc34)c12. The fourth-order valence-corrected chi connectivity index (χ4v) is 9.67. The van der Waals surface area contributed by atoms with E-state index in [0.29, 0.717) is 0 Å². The van der Waals surface area contributed by atoms with Gasteiger partial charge in [-0.05, 0) is 84.9 Å². The van der Waals surface area contributed by atoms with Crippen LogP contribution in [0.5, 0.6) is 0 Å². The molecule has 0 fully saturated rings. The fraction of sp³-hybridized carbons (Fsp3) is 0. The van der Waals surface area contributed by atoms with Crippen LogP contribution in [0, 0.1) is 0 Å². The van der Waals surface area contributed by atoms with E-state index in [1.165, 1.54) is 94.9 Å². The Hall–Kier alpha value is -4.76. The molecule has 0 radical (unpaired) electrons. The summed E-state index contributed by atoms with van der Waals surface area (Å²) in [5.74, 6) is 0. The summed E-state index contributed by atoms with van der Waals surface area (Å²) in [5, 5.41) is 13.4. The van der Waals surface area contributed by atoms with Gasteiger partial charge in [-0.2, -0.15) is 0 Å². The first-order valence-electron chi connectivity index (χ1n) is 14.4. The van der Waals surface area contributed by atoms with Gasteiger partial charge >= 0.3 is 0 Å². The second-order valence-corrected chi connectivity index (χ2v) is 13.3. The van der Waals surface area contributed by atoms with E-state index in [0.717, 1.165) is 0 Å². The lowest BCUT2D eigenvalue weighted by Gasteiger charge is -2.20. The standard InChI is InChI=1S/C40H22S2/c1-3-13-26-24(11-1)37(30-17-9-20-34-39(30)29-15-5-6-18-32(29)41-34)25-12-2-4-14-27(25)38(26)31-22-23-10-7-19-33-36(23)40-28(31)16-8-21-35(40)42-33/h1-22H. The van der Waals surface area contributed by atoms with Gasteiger partial charge in [-0.1, -0.05) is 103 Å². The van der Waals surface area contributed by atoms with Crippen LogP contribution in [0.3, 0.4) is 0 Å². The Labute approximate surface area is 250 Å². The van der Waals surface area contributed by atoms with Crippen LogP contribution >= 0.6 is 22.7 Å². The monoisotopic (exact) mass is 566 g/mol. The Morgan fingerprint density at radius 2 is 0.786 bits per heavy atom. The minimum absolute atomic E-state index is 1.30. The first kappa shape index (κ1) is 22.9. The number of rotatable bonds is 2. The molecule has 0 aliphatic rings. The van der Waals surface area contributed by atoms with Crippen molar-refractivity contribution in [3.05, 3.63) is 133 Å². The van der Waals surface area contributed by atoms with Crippen molar-refractivity contribution >= 4 is 95.3 Å². The minimum atomic E-state index is 1.30. The number of hydrogen-bond donors (Lipinski definition) is 0. The van der Waals surface area contributed by atoms with E-state index in [-0.39, 0.29) is 0 Å². The average molecular weight is 567 g/mol. The molecule has 0 aliphatic carbocycles. The van der Waals surface area contributed by atoms with Crippen molar-refractivity contribution in [2.24, 2.45) is 0 Å². The normalized spacial score (nSPS) is 12.3. The lowest BCUT2D eigenvalue weighted by Crippen LogP contribution is -1.92. The molecular formula is C40H22S2.